The fraction of sp³-hybridized carbons (Fsp3) is 0.381. The first-order valence-electron chi connectivity index (χ1n) is 9.30. The highest BCUT2D eigenvalue weighted by Gasteiger charge is 2.17. The van der Waals surface area contributed by atoms with Crippen LogP contribution in [0.2, 0.25) is 0 Å². The van der Waals surface area contributed by atoms with Crippen LogP contribution >= 0.6 is 0 Å². The summed E-state index contributed by atoms with van der Waals surface area (Å²) in [4.78, 5) is 16.7. The summed E-state index contributed by atoms with van der Waals surface area (Å²) in [5, 5.41) is 2.70. The summed E-state index contributed by atoms with van der Waals surface area (Å²) >= 11 is 0. The van der Waals surface area contributed by atoms with Crippen molar-refractivity contribution in [1.29, 1.82) is 0 Å². The highest BCUT2D eigenvalue weighted by Crippen LogP contribution is 2.17. The summed E-state index contributed by atoms with van der Waals surface area (Å²) in [7, 11) is 0. The van der Waals surface area contributed by atoms with Crippen LogP contribution < -0.4 is 10.2 Å². The minimum absolute atomic E-state index is 0.122. The van der Waals surface area contributed by atoms with Gasteiger partial charge in [0.2, 0.25) is 0 Å². The summed E-state index contributed by atoms with van der Waals surface area (Å²) < 4.78 is 26.5. The number of nitrogens with one attached hydrogen (secondary N) is 1. The Morgan fingerprint density at radius 3 is 2.56 bits per heavy atom. The van der Waals surface area contributed by atoms with Gasteiger partial charge < -0.3 is 10.2 Å². The number of hydrogen-bond acceptors (Lipinski definition) is 3. The lowest BCUT2D eigenvalue weighted by Crippen LogP contribution is -2.47. The summed E-state index contributed by atoms with van der Waals surface area (Å²) in [5.74, 6) is -2.02. The van der Waals surface area contributed by atoms with Crippen LogP contribution in [0.25, 0.3) is 0 Å². The number of hydrogen-bond donors (Lipinski definition) is 1. The van der Waals surface area contributed by atoms with E-state index in [2.05, 4.69) is 46.3 Å². The minimum Gasteiger partial charge on any atom is -0.369 e. The average molecular weight is 373 g/mol. The molecule has 0 bridgehead atoms. The number of benzene rings is 2. The molecule has 0 aromatic heterocycles. The van der Waals surface area contributed by atoms with E-state index in [0.29, 0.717) is 6.54 Å². The molecular weight excluding hydrogens is 348 g/mol. The van der Waals surface area contributed by atoms with Crippen molar-refractivity contribution in [2.45, 2.75) is 13.3 Å². The number of nitrogens with zero attached hydrogens (tertiary/aromatic N) is 2. The van der Waals surface area contributed by atoms with Gasteiger partial charge in [0.05, 0.1) is 5.56 Å². The normalized spacial score (nSPS) is 15.0. The second kappa shape index (κ2) is 8.95. The molecule has 2 aromatic rings. The second-order valence-corrected chi connectivity index (χ2v) is 6.90. The average Bonchev–Trinajstić information content (AvgIpc) is 2.65. The molecule has 0 spiro atoms. The van der Waals surface area contributed by atoms with Crippen molar-refractivity contribution in [3.05, 3.63) is 65.2 Å². The number of carbonyl (C=O) groups excluding carboxylic acids is 1. The van der Waals surface area contributed by atoms with Gasteiger partial charge in [-0.05, 0) is 49.7 Å². The van der Waals surface area contributed by atoms with E-state index in [1.54, 1.807) is 0 Å². The molecule has 2 aromatic carbocycles. The maximum absolute atomic E-state index is 13.6. The molecule has 1 N–H and O–H groups in total. The number of halogens is 2. The molecule has 0 saturated carbocycles. The lowest BCUT2D eigenvalue weighted by atomic mass is 10.2. The van der Waals surface area contributed by atoms with Crippen LogP contribution in [0.4, 0.5) is 14.5 Å². The van der Waals surface area contributed by atoms with E-state index in [-0.39, 0.29) is 5.56 Å². The molecule has 0 aliphatic carbocycles. The zero-order chi connectivity index (χ0) is 19.2. The Morgan fingerprint density at radius 1 is 1.07 bits per heavy atom. The van der Waals surface area contributed by atoms with Gasteiger partial charge in [0.25, 0.3) is 5.91 Å². The Labute approximate surface area is 158 Å². The monoisotopic (exact) mass is 373 g/mol. The van der Waals surface area contributed by atoms with E-state index in [1.165, 1.54) is 17.3 Å². The summed E-state index contributed by atoms with van der Waals surface area (Å²) in [6.07, 6.45) is 0.791. The molecule has 1 fully saturated rings. The van der Waals surface area contributed by atoms with Crippen LogP contribution in [-0.2, 0) is 0 Å². The predicted octanol–water partition coefficient (Wildman–Crippen LogP) is 3.22. The van der Waals surface area contributed by atoms with Crippen molar-refractivity contribution in [3.8, 4) is 0 Å². The van der Waals surface area contributed by atoms with Crippen molar-refractivity contribution < 1.29 is 13.6 Å². The molecule has 4 nitrogen and oxygen atoms in total. The van der Waals surface area contributed by atoms with E-state index in [0.717, 1.165) is 51.3 Å². The second-order valence-electron chi connectivity index (χ2n) is 6.90. The van der Waals surface area contributed by atoms with E-state index >= 15 is 0 Å². The molecule has 0 atom stereocenters. The van der Waals surface area contributed by atoms with Gasteiger partial charge in [0.1, 0.15) is 11.6 Å². The Balaban J connectivity index is 1.37. The van der Waals surface area contributed by atoms with Crippen LogP contribution in [0, 0.1) is 18.6 Å². The lowest BCUT2D eigenvalue weighted by molar-refractivity contribution is 0.0947. The zero-order valence-electron chi connectivity index (χ0n) is 15.5. The molecule has 0 radical (unpaired) electrons. The Hall–Kier alpha value is -2.47. The molecule has 144 valence electrons. The molecule has 0 unspecified atom stereocenters. The van der Waals surface area contributed by atoms with Gasteiger partial charge in [-0.3, -0.25) is 9.69 Å². The van der Waals surface area contributed by atoms with Gasteiger partial charge in [0.15, 0.2) is 0 Å². The fourth-order valence-corrected chi connectivity index (χ4v) is 3.33. The smallest absolute Gasteiger partial charge is 0.254 e. The van der Waals surface area contributed by atoms with Crippen LogP contribution in [-0.4, -0.2) is 50.1 Å². The molecule has 1 amide bonds. The number of amides is 1. The third-order valence-corrected chi connectivity index (χ3v) is 4.85. The number of carbonyl (C=O) groups is 1. The summed E-state index contributed by atoms with van der Waals surface area (Å²) in [6, 6.07) is 11.5. The standard InChI is InChI=1S/C21H25F2N3O/c1-16-4-2-5-18(14-16)26-12-10-25(11-13-26)9-3-8-24-21(27)19-7-6-17(22)15-20(19)23/h2,4-7,14-15H,3,8-13H2,1H3,(H,24,27). The maximum atomic E-state index is 13.6. The number of anilines is 1. The van der Waals surface area contributed by atoms with Crippen molar-refractivity contribution >= 4 is 11.6 Å². The van der Waals surface area contributed by atoms with E-state index in [1.807, 2.05) is 0 Å². The first kappa shape index (κ1) is 19.3. The van der Waals surface area contributed by atoms with E-state index in [9.17, 15) is 13.6 Å². The van der Waals surface area contributed by atoms with Crippen LogP contribution in [0.5, 0.6) is 0 Å². The van der Waals surface area contributed by atoms with Crippen LogP contribution in [0.1, 0.15) is 22.3 Å². The third-order valence-electron chi connectivity index (χ3n) is 4.85. The summed E-state index contributed by atoms with van der Waals surface area (Å²) in [5.41, 5.74) is 2.41. The minimum atomic E-state index is -0.834. The lowest BCUT2D eigenvalue weighted by Gasteiger charge is -2.36. The van der Waals surface area contributed by atoms with Crippen LogP contribution in [0.15, 0.2) is 42.5 Å². The van der Waals surface area contributed by atoms with Gasteiger partial charge in [-0.25, -0.2) is 8.78 Å². The number of piperazine rings is 1. The van der Waals surface area contributed by atoms with Crippen molar-refractivity contribution in [2.24, 2.45) is 0 Å². The molecule has 3 rings (SSSR count). The van der Waals surface area contributed by atoms with Crippen molar-refractivity contribution in [2.75, 3.05) is 44.2 Å². The molecular formula is C21H25F2N3O. The van der Waals surface area contributed by atoms with Crippen molar-refractivity contribution in [3.63, 3.8) is 0 Å². The molecule has 1 saturated heterocycles. The molecule has 27 heavy (non-hydrogen) atoms. The number of rotatable bonds is 6. The SMILES string of the molecule is Cc1cccc(N2CCN(CCCNC(=O)c3ccc(F)cc3F)CC2)c1. The van der Waals surface area contributed by atoms with Gasteiger partial charge in [-0.2, -0.15) is 0 Å². The largest absolute Gasteiger partial charge is 0.369 e. The predicted molar refractivity (Wildman–Crippen MR) is 103 cm³/mol. The number of aryl methyl sites for hydroxylation is 1. The highest BCUT2D eigenvalue weighted by molar-refractivity contribution is 5.94. The van der Waals surface area contributed by atoms with Gasteiger partial charge in [0, 0.05) is 44.5 Å². The summed E-state index contributed by atoms with van der Waals surface area (Å²) in [6.45, 7) is 7.38. The van der Waals surface area contributed by atoms with Gasteiger partial charge in [-0.15, -0.1) is 0 Å². The quantitative estimate of drug-likeness (QED) is 0.790. The third kappa shape index (κ3) is 5.26. The van der Waals surface area contributed by atoms with Crippen LogP contribution in [0.3, 0.4) is 0 Å². The first-order valence-corrected chi connectivity index (χ1v) is 9.30. The van der Waals surface area contributed by atoms with E-state index < -0.39 is 17.5 Å². The molecule has 6 heteroatoms. The van der Waals surface area contributed by atoms with E-state index in [4.69, 9.17) is 0 Å². The zero-order valence-corrected chi connectivity index (χ0v) is 15.5. The topological polar surface area (TPSA) is 35.6 Å². The highest BCUT2D eigenvalue weighted by atomic mass is 19.1. The molecule has 1 aliphatic rings. The van der Waals surface area contributed by atoms with Crippen molar-refractivity contribution in [1.82, 2.24) is 10.2 Å². The molecule has 1 aliphatic heterocycles. The molecule has 1 heterocycles. The Morgan fingerprint density at radius 2 is 1.85 bits per heavy atom. The van der Waals surface area contributed by atoms with Gasteiger partial charge >= 0.3 is 0 Å². The fourth-order valence-electron chi connectivity index (χ4n) is 3.33. The van der Waals surface area contributed by atoms with Gasteiger partial charge in [-0.1, -0.05) is 12.1 Å². The maximum Gasteiger partial charge on any atom is 0.254 e. The first-order chi connectivity index (χ1) is 13.0. The Kier molecular flexibility index (Phi) is 6.40. The Bertz CT molecular complexity index is 789.